The van der Waals surface area contributed by atoms with Crippen LogP contribution in [0.1, 0.15) is 43.0 Å². The number of thioether (sulfide) groups is 1. The van der Waals surface area contributed by atoms with E-state index < -0.39 is 0 Å². The van der Waals surface area contributed by atoms with Crippen LogP contribution in [0, 0.1) is 0 Å². The summed E-state index contributed by atoms with van der Waals surface area (Å²) in [5.74, 6) is 0.975. The van der Waals surface area contributed by atoms with Crippen molar-refractivity contribution >= 4 is 17.7 Å². The van der Waals surface area contributed by atoms with E-state index in [0.29, 0.717) is 17.9 Å². The zero-order chi connectivity index (χ0) is 17.2. The summed E-state index contributed by atoms with van der Waals surface area (Å²) in [6, 6.07) is 14.6. The maximum absolute atomic E-state index is 12.1. The third-order valence-electron chi connectivity index (χ3n) is 3.63. The summed E-state index contributed by atoms with van der Waals surface area (Å²) in [6.07, 6.45) is 6.72. The topological polar surface area (TPSA) is 35.5 Å². The number of ether oxygens (including phenoxy) is 2. The Morgan fingerprint density at radius 3 is 2.21 bits per heavy atom. The van der Waals surface area contributed by atoms with Gasteiger partial charge < -0.3 is 9.47 Å². The summed E-state index contributed by atoms with van der Waals surface area (Å²) in [6.45, 7) is 2.90. The maximum atomic E-state index is 12.1. The Bertz CT molecular complexity index is 620. The Morgan fingerprint density at radius 2 is 1.58 bits per heavy atom. The van der Waals surface area contributed by atoms with E-state index in [4.69, 9.17) is 9.47 Å². The van der Waals surface area contributed by atoms with Crippen molar-refractivity contribution in [1.82, 2.24) is 0 Å². The predicted molar refractivity (Wildman–Crippen MR) is 99.3 cm³/mol. The molecule has 2 aromatic carbocycles. The third-order valence-corrected chi connectivity index (χ3v) is 4.37. The lowest BCUT2D eigenvalue weighted by Crippen LogP contribution is -2.08. The van der Waals surface area contributed by atoms with Crippen molar-refractivity contribution in [3.63, 3.8) is 0 Å². The van der Waals surface area contributed by atoms with Crippen LogP contribution in [-0.4, -0.2) is 18.8 Å². The zero-order valence-corrected chi connectivity index (χ0v) is 15.1. The first-order chi connectivity index (χ1) is 11.7. The van der Waals surface area contributed by atoms with Crippen LogP contribution in [0.25, 0.3) is 0 Å². The molecule has 0 fully saturated rings. The van der Waals surface area contributed by atoms with E-state index in [0.717, 1.165) is 17.1 Å². The van der Waals surface area contributed by atoms with Crippen LogP contribution in [0.3, 0.4) is 0 Å². The van der Waals surface area contributed by atoms with Crippen molar-refractivity contribution in [3.8, 4) is 11.5 Å². The lowest BCUT2D eigenvalue weighted by atomic mass is 10.2. The highest BCUT2D eigenvalue weighted by atomic mass is 32.2. The minimum atomic E-state index is -0.360. The number of rotatable bonds is 9. The van der Waals surface area contributed by atoms with E-state index in [1.54, 1.807) is 36.0 Å². The first-order valence-electron chi connectivity index (χ1n) is 8.32. The van der Waals surface area contributed by atoms with Gasteiger partial charge in [-0.05, 0) is 61.2 Å². The highest BCUT2D eigenvalue weighted by molar-refractivity contribution is 7.98. The highest BCUT2D eigenvalue weighted by Gasteiger charge is 2.08. The minimum Gasteiger partial charge on any atom is -0.494 e. The number of carbonyl (C=O) groups is 1. The molecule has 0 aliphatic carbocycles. The van der Waals surface area contributed by atoms with Gasteiger partial charge in [-0.1, -0.05) is 26.2 Å². The van der Waals surface area contributed by atoms with E-state index in [1.165, 1.54) is 19.3 Å². The molecule has 0 saturated carbocycles. The fourth-order valence-corrected chi connectivity index (χ4v) is 2.62. The molecule has 0 spiro atoms. The van der Waals surface area contributed by atoms with Gasteiger partial charge in [-0.25, -0.2) is 4.79 Å². The average Bonchev–Trinajstić information content (AvgIpc) is 2.62. The molecule has 2 aromatic rings. The number of hydrogen-bond acceptors (Lipinski definition) is 4. The molecular formula is C20H24O3S. The average molecular weight is 344 g/mol. The third kappa shape index (κ3) is 5.93. The Kier molecular flexibility index (Phi) is 7.69. The summed E-state index contributed by atoms with van der Waals surface area (Å²) in [5.41, 5.74) is 0.516. The van der Waals surface area contributed by atoms with Gasteiger partial charge in [0.2, 0.25) is 0 Å². The molecule has 0 N–H and O–H groups in total. The molecule has 0 aromatic heterocycles. The molecule has 2 rings (SSSR count). The summed E-state index contributed by atoms with van der Waals surface area (Å²) in [5, 5.41) is 0. The van der Waals surface area contributed by atoms with Crippen molar-refractivity contribution in [2.75, 3.05) is 12.9 Å². The van der Waals surface area contributed by atoms with Crippen LogP contribution in [0.15, 0.2) is 53.4 Å². The molecule has 0 aliphatic rings. The van der Waals surface area contributed by atoms with Crippen LogP contribution in [0.5, 0.6) is 11.5 Å². The van der Waals surface area contributed by atoms with Crippen LogP contribution in [-0.2, 0) is 0 Å². The SMILES string of the molecule is CCCCCCOc1ccc(C(=O)Oc2ccc(SC)cc2)cc1. The van der Waals surface area contributed by atoms with Crippen molar-refractivity contribution < 1.29 is 14.3 Å². The van der Waals surface area contributed by atoms with E-state index in [-0.39, 0.29) is 5.97 Å². The molecule has 0 atom stereocenters. The molecule has 0 saturated heterocycles. The van der Waals surface area contributed by atoms with Crippen LogP contribution in [0.4, 0.5) is 0 Å². The monoisotopic (exact) mass is 344 g/mol. The first-order valence-corrected chi connectivity index (χ1v) is 9.54. The second-order valence-electron chi connectivity index (χ2n) is 5.50. The lowest BCUT2D eigenvalue weighted by Gasteiger charge is -2.08. The number of benzene rings is 2. The molecule has 0 radical (unpaired) electrons. The van der Waals surface area contributed by atoms with Gasteiger partial charge in [0.1, 0.15) is 11.5 Å². The van der Waals surface area contributed by atoms with Gasteiger partial charge >= 0.3 is 5.97 Å². The van der Waals surface area contributed by atoms with E-state index in [1.807, 2.05) is 30.5 Å². The van der Waals surface area contributed by atoms with Crippen LogP contribution in [0.2, 0.25) is 0 Å². The normalized spacial score (nSPS) is 10.4. The smallest absolute Gasteiger partial charge is 0.343 e. The molecule has 24 heavy (non-hydrogen) atoms. The van der Waals surface area contributed by atoms with E-state index >= 15 is 0 Å². The van der Waals surface area contributed by atoms with Gasteiger partial charge in [-0.2, -0.15) is 0 Å². The second-order valence-corrected chi connectivity index (χ2v) is 6.38. The Balaban J connectivity index is 1.83. The maximum Gasteiger partial charge on any atom is 0.343 e. The van der Waals surface area contributed by atoms with Gasteiger partial charge in [0, 0.05) is 4.90 Å². The van der Waals surface area contributed by atoms with Crippen molar-refractivity contribution in [3.05, 3.63) is 54.1 Å². The molecule has 0 aliphatic heterocycles. The van der Waals surface area contributed by atoms with Crippen molar-refractivity contribution in [2.45, 2.75) is 37.5 Å². The van der Waals surface area contributed by atoms with Crippen molar-refractivity contribution in [1.29, 1.82) is 0 Å². The number of carbonyl (C=O) groups excluding carboxylic acids is 1. The van der Waals surface area contributed by atoms with Gasteiger partial charge in [0.05, 0.1) is 12.2 Å². The van der Waals surface area contributed by atoms with Gasteiger partial charge in [-0.3, -0.25) is 0 Å². The largest absolute Gasteiger partial charge is 0.494 e. The van der Waals surface area contributed by atoms with Gasteiger partial charge in [0.25, 0.3) is 0 Å². The molecule has 0 bridgehead atoms. The molecule has 0 unspecified atom stereocenters. The predicted octanol–water partition coefficient (Wildman–Crippen LogP) is 5.59. The zero-order valence-electron chi connectivity index (χ0n) is 14.3. The standard InChI is InChI=1S/C20H24O3S/c1-3-4-5-6-15-22-17-9-7-16(8-10-17)20(21)23-18-11-13-19(24-2)14-12-18/h7-14H,3-6,15H2,1-2H3. The summed E-state index contributed by atoms with van der Waals surface area (Å²) in [7, 11) is 0. The summed E-state index contributed by atoms with van der Waals surface area (Å²) < 4.78 is 11.1. The Hall–Kier alpha value is -1.94. The molecular weight excluding hydrogens is 320 g/mol. The number of hydrogen-bond donors (Lipinski definition) is 0. The summed E-state index contributed by atoms with van der Waals surface area (Å²) in [4.78, 5) is 13.3. The minimum absolute atomic E-state index is 0.360. The molecule has 4 heteroatoms. The lowest BCUT2D eigenvalue weighted by molar-refractivity contribution is 0.0734. The fraction of sp³-hybridized carbons (Fsp3) is 0.350. The quantitative estimate of drug-likeness (QED) is 0.257. The first kappa shape index (κ1) is 18.4. The Morgan fingerprint density at radius 1 is 0.917 bits per heavy atom. The van der Waals surface area contributed by atoms with Gasteiger partial charge in [-0.15, -0.1) is 11.8 Å². The number of unbranched alkanes of at least 4 members (excludes halogenated alkanes) is 3. The van der Waals surface area contributed by atoms with Crippen LogP contribution < -0.4 is 9.47 Å². The second kappa shape index (κ2) is 10.0. The molecule has 0 amide bonds. The summed E-state index contributed by atoms with van der Waals surface area (Å²) >= 11 is 1.65. The molecule has 0 heterocycles. The van der Waals surface area contributed by atoms with Crippen LogP contribution >= 0.6 is 11.8 Å². The molecule has 3 nitrogen and oxygen atoms in total. The van der Waals surface area contributed by atoms with E-state index in [2.05, 4.69) is 6.92 Å². The Labute approximate surface area is 148 Å². The van der Waals surface area contributed by atoms with Crippen molar-refractivity contribution in [2.24, 2.45) is 0 Å². The number of esters is 1. The fourth-order valence-electron chi connectivity index (χ4n) is 2.22. The van der Waals surface area contributed by atoms with Gasteiger partial charge in [0.15, 0.2) is 0 Å². The molecule has 128 valence electrons. The highest BCUT2D eigenvalue weighted by Crippen LogP contribution is 2.20. The van der Waals surface area contributed by atoms with E-state index in [9.17, 15) is 4.79 Å².